The third kappa shape index (κ3) is 6.38. The van der Waals surface area contributed by atoms with Gasteiger partial charge in [0.2, 0.25) is 0 Å². The molecule has 0 aliphatic carbocycles. The third-order valence-corrected chi connectivity index (χ3v) is 3.09. The minimum Gasteiger partial charge on any atom is -0.312 e. The molecule has 0 fully saturated rings. The van der Waals surface area contributed by atoms with Crippen LogP contribution in [-0.4, -0.2) is 33.0 Å². The van der Waals surface area contributed by atoms with E-state index in [1.54, 1.807) is 0 Å². The molecule has 1 N–H and O–H groups in total. The topological polar surface area (TPSA) is 46.2 Å². The number of sulfone groups is 1. The van der Waals surface area contributed by atoms with Gasteiger partial charge in [-0.25, -0.2) is 8.42 Å². The summed E-state index contributed by atoms with van der Waals surface area (Å²) in [6, 6.07) is 0.0393. The maximum absolute atomic E-state index is 11.2. The van der Waals surface area contributed by atoms with E-state index in [1.165, 1.54) is 6.26 Å². The zero-order valence-electron chi connectivity index (χ0n) is 9.92. The molecule has 0 aliphatic heterocycles. The van der Waals surface area contributed by atoms with E-state index in [2.05, 4.69) is 33.0 Å². The Bertz CT molecular complexity index is 252. The number of nitrogens with one attached hydrogen (secondary N) is 1. The highest BCUT2D eigenvalue weighted by molar-refractivity contribution is 7.90. The van der Waals surface area contributed by atoms with Crippen LogP contribution in [0.3, 0.4) is 0 Å². The Balaban J connectivity index is 4.42. The lowest BCUT2D eigenvalue weighted by atomic mass is 9.88. The van der Waals surface area contributed by atoms with Crippen LogP contribution in [0.15, 0.2) is 0 Å². The fourth-order valence-electron chi connectivity index (χ4n) is 1.24. The number of hydrogen-bond donors (Lipinski definition) is 1. The molecular formula is C10H23NO2S. The molecule has 14 heavy (non-hydrogen) atoms. The standard InChI is InChI=1S/C10H23NO2S/c1-6-7-11-9(10(2,3)4)8-14(5,12)13/h9,11H,6-8H2,1-5H3. The minimum atomic E-state index is -2.90. The first-order chi connectivity index (χ1) is 6.17. The normalized spacial score (nSPS) is 15.5. The van der Waals surface area contributed by atoms with E-state index >= 15 is 0 Å². The highest BCUT2D eigenvalue weighted by atomic mass is 32.2. The Morgan fingerprint density at radius 3 is 2.07 bits per heavy atom. The van der Waals surface area contributed by atoms with Crippen LogP contribution < -0.4 is 5.32 Å². The quantitative estimate of drug-likeness (QED) is 0.764. The second-order valence-electron chi connectivity index (χ2n) is 4.97. The molecule has 0 bridgehead atoms. The molecule has 4 heteroatoms. The molecule has 0 rings (SSSR count). The summed E-state index contributed by atoms with van der Waals surface area (Å²) in [4.78, 5) is 0. The van der Waals surface area contributed by atoms with Gasteiger partial charge in [0.05, 0.1) is 5.75 Å². The average molecular weight is 221 g/mol. The largest absolute Gasteiger partial charge is 0.312 e. The fourth-order valence-corrected chi connectivity index (χ4v) is 2.46. The van der Waals surface area contributed by atoms with Crippen LogP contribution in [0, 0.1) is 5.41 Å². The Labute approximate surface area is 88.2 Å². The van der Waals surface area contributed by atoms with Gasteiger partial charge in [-0.1, -0.05) is 27.7 Å². The van der Waals surface area contributed by atoms with Crippen LogP contribution in [0.1, 0.15) is 34.1 Å². The van der Waals surface area contributed by atoms with E-state index < -0.39 is 9.84 Å². The molecule has 3 nitrogen and oxygen atoms in total. The van der Waals surface area contributed by atoms with Crippen molar-refractivity contribution in [1.82, 2.24) is 5.32 Å². The molecule has 0 aromatic heterocycles. The van der Waals surface area contributed by atoms with Gasteiger partial charge in [0, 0.05) is 12.3 Å². The zero-order valence-corrected chi connectivity index (χ0v) is 10.7. The lowest BCUT2D eigenvalue weighted by Gasteiger charge is -2.31. The van der Waals surface area contributed by atoms with Crippen LogP contribution in [-0.2, 0) is 9.84 Å². The lowest BCUT2D eigenvalue weighted by molar-refractivity contribution is 0.289. The summed E-state index contributed by atoms with van der Waals surface area (Å²) >= 11 is 0. The van der Waals surface area contributed by atoms with Gasteiger partial charge >= 0.3 is 0 Å². The molecule has 1 atom stereocenters. The maximum Gasteiger partial charge on any atom is 0.149 e. The summed E-state index contributed by atoms with van der Waals surface area (Å²) in [5.74, 6) is 0.219. The van der Waals surface area contributed by atoms with Crippen molar-refractivity contribution in [3.63, 3.8) is 0 Å². The minimum absolute atomic E-state index is 0.0156. The van der Waals surface area contributed by atoms with Crippen LogP contribution >= 0.6 is 0 Å². The molecular weight excluding hydrogens is 198 g/mol. The Kier molecular flexibility index (Phi) is 5.09. The van der Waals surface area contributed by atoms with E-state index in [1.807, 2.05) is 0 Å². The molecule has 0 spiro atoms. The van der Waals surface area contributed by atoms with E-state index in [9.17, 15) is 8.42 Å². The van der Waals surface area contributed by atoms with Crippen LogP contribution in [0.5, 0.6) is 0 Å². The van der Waals surface area contributed by atoms with Crippen molar-refractivity contribution in [3.05, 3.63) is 0 Å². The molecule has 0 saturated carbocycles. The van der Waals surface area contributed by atoms with Gasteiger partial charge in [0.1, 0.15) is 9.84 Å². The van der Waals surface area contributed by atoms with Crippen molar-refractivity contribution in [2.24, 2.45) is 5.41 Å². The van der Waals surface area contributed by atoms with E-state index in [-0.39, 0.29) is 17.2 Å². The molecule has 86 valence electrons. The number of rotatable bonds is 5. The lowest BCUT2D eigenvalue weighted by Crippen LogP contribution is -2.45. The van der Waals surface area contributed by atoms with Crippen molar-refractivity contribution in [1.29, 1.82) is 0 Å². The number of hydrogen-bond acceptors (Lipinski definition) is 3. The van der Waals surface area contributed by atoms with Crippen LogP contribution in [0.25, 0.3) is 0 Å². The monoisotopic (exact) mass is 221 g/mol. The summed E-state index contributed by atoms with van der Waals surface area (Å²) < 4.78 is 22.4. The van der Waals surface area contributed by atoms with Crippen molar-refractivity contribution in [3.8, 4) is 0 Å². The van der Waals surface area contributed by atoms with Gasteiger partial charge in [-0.3, -0.25) is 0 Å². The second kappa shape index (κ2) is 5.12. The van der Waals surface area contributed by atoms with Gasteiger partial charge in [0.25, 0.3) is 0 Å². The maximum atomic E-state index is 11.2. The molecule has 0 aliphatic rings. The van der Waals surface area contributed by atoms with Crippen molar-refractivity contribution < 1.29 is 8.42 Å². The zero-order chi connectivity index (χ0) is 11.4. The highest BCUT2D eigenvalue weighted by Gasteiger charge is 2.26. The van der Waals surface area contributed by atoms with Gasteiger partial charge in [-0.05, 0) is 18.4 Å². The molecule has 0 aromatic carbocycles. The first-order valence-electron chi connectivity index (χ1n) is 5.08. The summed E-state index contributed by atoms with van der Waals surface area (Å²) in [5, 5.41) is 3.29. The molecule has 0 aromatic rings. The first-order valence-corrected chi connectivity index (χ1v) is 7.14. The van der Waals surface area contributed by atoms with Gasteiger partial charge in [-0.15, -0.1) is 0 Å². The predicted octanol–water partition coefficient (Wildman–Crippen LogP) is 1.45. The Morgan fingerprint density at radius 2 is 1.79 bits per heavy atom. The van der Waals surface area contributed by atoms with Crippen molar-refractivity contribution in [2.75, 3.05) is 18.6 Å². The summed E-state index contributed by atoms with van der Waals surface area (Å²) in [6.07, 6.45) is 2.32. The van der Waals surface area contributed by atoms with E-state index in [0.29, 0.717) is 0 Å². The average Bonchev–Trinajstić information content (AvgIpc) is 1.93. The third-order valence-electron chi connectivity index (χ3n) is 2.16. The van der Waals surface area contributed by atoms with Crippen LogP contribution in [0.2, 0.25) is 0 Å². The molecule has 1 unspecified atom stereocenters. The van der Waals surface area contributed by atoms with Crippen molar-refractivity contribution in [2.45, 2.75) is 40.2 Å². The SMILES string of the molecule is CCCNC(CS(C)(=O)=O)C(C)(C)C. The van der Waals surface area contributed by atoms with Gasteiger partial charge in [-0.2, -0.15) is 0 Å². The van der Waals surface area contributed by atoms with Crippen molar-refractivity contribution >= 4 is 9.84 Å². The molecule has 0 heterocycles. The second-order valence-corrected chi connectivity index (χ2v) is 7.15. The smallest absolute Gasteiger partial charge is 0.149 e. The molecule has 0 saturated heterocycles. The summed E-state index contributed by atoms with van der Waals surface area (Å²) in [7, 11) is -2.90. The summed E-state index contributed by atoms with van der Waals surface area (Å²) in [5.41, 5.74) is -0.0156. The molecule has 0 amide bonds. The fraction of sp³-hybridized carbons (Fsp3) is 1.00. The Hall–Kier alpha value is -0.0900. The van der Waals surface area contributed by atoms with E-state index in [0.717, 1.165) is 13.0 Å². The highest BCUT2D eigenvalue weighted by Crippen LogP contribution is 2.20. The van der Waals surface area contributed by atoms with Gasteiger partial charge in [0.15, 0.2) is 0 Å². The summed E-state index contributed by atoms with van der Waals surface area (Å²) in [6.45, 7) is 9.13. The molecule has 0 radical (unpaired) electrons. The Morgan fingerprint density at radius 1 is 1.29 bits per heavy atom. The van der Waals surface area contributed by atoms with E-state index in [4.69, 9.17) is 0 Å². The predicted molar refractivity (Wildman–Crippen MR) is 61.2 cm³/mol. The van der Waals surface area contributed by atoms with Crippen LogP contribution in [0.4, 0.5) is 0 Å². The first kappa shape index (κ1) is 13.9. The van der Waals surface area contributed by atoms with Gasteiger partial charge < -0.3 is 5.32 Å².